The lowest BCUT2D eigenvalue weighted by Gasteiger charge is -2.22. The lowest BCUT2D eigenvalue weighted by Crippen LogP contribution is -2.15. The topological polar surface area (TPSA) is 12.4 Å². The fraction of sp³-hybridized carbons (Fsp3) is 0.121. The van der Waals surface area contributed by atoms with Crippen molar-refractivity contribution < 1.29 is 0 Å². The predicted octanol–water partition coefficient (Wildman–Crippen LogP) is 8.68. The van der Waals surface area contributed by atoms with Crippen LogP contribution in [0.4, 0.5) is 0 Å². The fourth-order valence-electron chi connectivity index (χ4n) is 5.54. The Morgan fingerprint density at radius 2 is 1.35 bits per heavy atom. The summed E-state index contributed by atoms with van der Waals surface area (Å²) in [7, 11) is 0. The lowest BCUT2D eigenvalue weighted by atomic mass is 9.81. The number of aliphatic imine (C=N–C) groups is 1. The van der Waals surface area contributed by atoms with Gasteiger partial charge < -0.3 is 0 Å². The first-order valence-electron chi connectivity index (χ1n) is 11.9. The van der Waals surface area contributed by atoms with Crippen LogP contribution in [-0.2, 0) is 12.0 Å². The van der Waals surface area contributed by atoms with E-state index in [9.17, 15) is 0 Å². The molecule has 1 aliphatic rings. The number of nitrogens with zero attached hydrogens (tertiary/aromatic N) is 1. The highest BCUT2D eigenvalue weighted by molar-refractivity contribution is 6.02. The minimum absolute atomic E-state index is 0.0334. The van der Waals surface area contributed by atoms with E-state index in [0.717, 1.165) is 0 Å². The summed E-state index contributed by atoms with van der Waals surface area (Å²) in [5.74, 6) is 0. The highest BCUT2D eigenvalue weighted by Gasteiger charge is 2.36. The lowest BCUT2D eigenvalue weighted by molar-refractivity contribution is 0.661. The molecule has 0 aromatic heterocycles. The van der Waals surface area contributed by atoms with Crippen LogP contribution in [0.3, 0.4) is 0 Å². The first-order chi connectivity index (χ1) is 16.6. The Labute approximate surface area is 201 Å². The monoisotopic (exact) mass is 437 g/mol. The van der Waals surface area contributed by atoms with Crippen molar-refractivity contribution in [1.82, 2.24) is 0 Å². The van der Waals surface area contributed by atoms with Gasteiger partial charge in [-0.3, -0.25) is 4.99 Å². The maximum absolute atomic E-state index is 4.04. The molecule has 0 radical (unpaired) electrons. The molecule has 0 fully saturated rings. The fourth-order valence-corrected chi connectivity index (χ4v) is 5.54. The average Bonchev–Trinajstić information content (AvgIpc) is 3.11. The quantitative estimate of drug-likeness (QED) is 0.249. The molecule has 0 saturated heterocycles. The summed E-state index contributed by atoms with van der Waals surface area (Å²) in [6.45, 7) is 8.98. The van der Waals surface area contributed by atoms with Gasteiger partial charge in [0.25, 0.3) is 0 Å². The second kappa shape index (κ2) is 7.81. The minimum Gasteiger partial charge on any atom is -0.296 e. The molecule has 5 aromatic carbocycles. The van der Waals surface area contributed by atoms with Crippen LogP contribution in [0.1, 0.15) is 30.5 Å². The van der Waals surface area contributed by atoms with Crippen molar-refractivity contribution in [2.45, 2.75) is 25.8 Å². The van der Waals surface area contributed by atoms with Crippen molar-refractivity contribution in [3.05, 3.63) is 120 Å². The first kappa shape index (κ1) is 20.6. The van der Waals surface area contributed by atoms with E-state index in [0.29, 0.717) is 6.54 Å². The molecular weight excluding hydrogens is 410 g/mol. The Bertz CT molecular complexity index is 1570. The van der Waals surface area contributed by atoms with Gasteiger partial charge in [0.15, 0.2) is 0 Å². The molecule has 34 heavy (non-hydrogen) atoms. The molecule has 0 unspecified atom stereocenters. The van der Waals surface area contributed by atoms with Crippen molar-refractivity contribution in [2.75, 3.05) is 0 Å². The molecule has 1 heteroatoms. The molecule has 1 nitrogen and oxygen atoms in total. The molecule has 0 N–H and O–H groups in total. The van der Waals surface area contributed by atoms with E-state index in [-0.39, 0.29) is 5.41 Å². The van der Waals surface area contributed by atoms with Gasteiger partial charge in [0.1, 0.15) is 0 Å². The molecule has 0 amide bonds. The van der Waals surface area contributed by atoms with Gasteiger partial charge in [-0.1, -0.05) is 98.8 Å². The molecule has 1 aliphatic carbocycles. The van der Waals surface area contributed by atoms with Crippen LogP contribution in [0, 0.1) is 0 Å². The van der Waals surface area contributed by atoms with Gasteiger partial charge >= 0.3 is 0 Å². The molecule has 0 atom stereocenters. The van der Waals surface area contributed by atoms with Gasteiger partial charge in [0.2, 0.25) is 0 Å². The van der Waals surface area contributed by atoms with Crippen LogP contribution in [0.5, 0.6) is 0 Å². The van der Waals surface area contributed by atoms with Gasteiger partial charge in [-0.05, 0) is 85.8 Å². The Morgan fingerprint density at radius 3 is 2.15 bits per heavy atom. The summed E-state index contributed by atoms with van der Waals surface area (Å²) < 4.78 is 0. The molecule has 0 saturated carbocycles. The summed E-state index contributed by atoms with van der Waals surface area (Å²) in [5.41, 5.74) is 11.7. The van der Waals surface area contributed by atoms with Crippen molar-refractivity contribution >= 4 is 17.5 Å². The maximum Gasteiger partial charge on any atom is 0.0632 e. The Kier molecular flexibility index (Phi) is 4.74. The smallest absolute Gasteiger partial charge is 0.0632 e. The van der Waals surface area contributed by atoms with Crippen molar-refractivity contribution in [3.8, 4) is 33.4 Å². The van der Waals surface area contributed by atoms with Gasteiger partial charge in [0, 0.05) is 5.41 Å². The Hall–Kier alpha value is -3.97. The van der Waals surface area contributed by atoms with E-state index in [1.54, 1.807) is 0 Å². The summed E-state index contributed by atoms with van der Waals surface area (Å²) in [6, 6.07) is 37.8. The number of hydrogen-bond acceptors (Lipinski definition) is 1. The van der Waals surface area contributed by atoms with E-state index in [2.05, 4.69) is 129 Å². The third-order valence-corrected chi connectivity index (χ3v) is 7.32. The molecule has 0 bridgehead atoms. The SMILES string of the molecule is C=NCc1cccc(-c2cccc(-c3ccc4c(c3)C(C)(C)c3ccc5ccccc5c3-4)c2)c1. The second-order valence-electron chi connectivity index (χ2n) is 9.76. The standard InChI is InChI=1S/C33H27N/c1-33(2)30-17-15-23-9-4-5-13-28(23)32(30)29-16-14-27(20-31(29)33)26-12-7-11-25(19-26)24-10-6-8-22(18-24)21-34-3/h4-20H,3,21H2,1-2H3. The van der Waals surface area contributed by atoms with E-state index in [1.165, 1.54) is 60.8 Å². The second-order valence-corrected chi connectivity index (χ2v) is 9.76. The largest absolute Gasteiger partial charge is 0.296 e. The molecule has 0 heterocycles. The van der Waals surface area contributed by atoms with E-state index >= 15 is 0 Å². The van der Waals surface area contributed by atoms with Crippen LogP contribution in [0.15, 0.2) is 108 Å². The number of hydrogen-bond donors (Lipinski definition) is 0. The van der Waals surface area contributed by atoms with Crippen LogP contribution in [-0.4, -0.2) is 6.72 Å². The van der Waals surface area contributed by atoms with Crippen molar-refractivity contribution in [2.24, 2.45) is 4.99 Å². The summed E-state index contributed by atoms with van der Waals surface area (Å²) >= 11 is 0. The summed E-state index contributed by atoms with van der Waals surface area (Å²) in [5, 5.41) is 2.64. The predicted molar refractivity (Wildman–Crippen MR) is 146 cm³/mol. The zero-order valence-corrected chi connectivity index (χ0v) is 19.7. The molecule has 0 spiro atoms. The van der Waals surface area contributed by atoms with Crippen LogP contribution in [0.25, 0.3) is 44.2 Å². The zero-order chi connectivity index (χ0) is 23.3. The number of fused-ring (bicyclic) bond motifs is 5. The van der Waals surface area contributed by atoms with E-state index < -0.39 is 0 Å². The molecular formula is C33H27N. The Balaban J connectivity index is 1.46. The Morgan fingerprint density at radius 1 is 0.647 bits per heavy atom. The van der Waals surface area contributed by atoms with Gasteiger partial charge in [-0.2, -0.15) is 0 Å². The normalized spacial score (nSPS) is 13.5. The third kappa shape index (κ3) is 3.20. The van der Waals surface area contributed by atoms with Crippen LogP contribution in [0.2, 0.25) is 0 Å². The van der Waals surface area contributed by atoms with Gasteiger partial charge in [0.05, 0.1) is 6.54 Å². The van der Waals surface area contributed by atoms with Gasteiger partial charge in [-0.25, -0.2) is 0 Å². The van der Waals surface area contributed by atoms with Gasteiger partial charge in [-0.15, -0.1) is 0 Å². The van der Waals surface area contributed by atoms with Crippen molar-refractivity contribution in [3.63, 3.8) is 0 Å². The third-order valence-electron chi connectivity index (χ3n) is 7.32. The average molecular weight is 438 g/mol. The maximum atomic E-state index is 4.04. The highest BCUT2D eigenvalue weighted by Crippen LogP contribution is 2.52. The first-order valence-corrected chi connectivity index (χ1v) is 11.9. The summed E-state index contributed by atoms with van der Waals surface area (Å²) in [6.07, 6.45) is 0. The van der Waals surface area contributed by atoms with E-state index in [1.807, 2.05) is 0 Å². The van der Waals surface area contributed by atoms with E-state index in [4.69, 9.17) is 0 Å². The number of rotatable bonds is 4. The van der Waals surface area contributed by atoms with Crippen molar-refractivity contribution in [1.29, 1.82) is 0 Å². The molecule has 0 aliphatic heterocycles. The minimum atomic E-state index is -0.0334. The highest BCUT2D eigenvalue weighted by atomic mass is 14.7. The number of benzene rings is 5. The summed E-state index contributed by atoms with van der Waals surface area (Å²) in [4.78, 5) is 4.04. The van der Waals surface area contributed by atoms with Crippen LogP contribution < -0.4 is 0 Å². The molecule has 6 rings (SSSR count). The molecule has 164 valence electrons. The van der Waals surface area contributed by atoms with Crippen LogP contribution >= 0.6 is 0 Å². The molecule has 5 aromatic rings. The zero-order valence-electron chi connectivity index (χ0n) is 19.7.